The number of nitrogens with one attached hydrogen (secondary N) is 2. The lowest BCUT2D eigenvalue weighted by Gasteiger charge is -2.26. The summed E-state index contributed by atoms with van der Waals surface area (Å²) in [5, 5.41) is 5.08. The SMILES string of the molecule is Cc1cccc2c(=O)[nH]c(-c3ccc(CN4CCNCC4)nc3)cc12. The lowest BCUT2D eigenvalue weighted by atomic mass is 10.0. The number of hydrogen-bond donors (Lipinski definition) is 2. The van der Waals surface area contributed by atoms with Crippen LogP contribution in [0, 0.1) is 6.92 Å². The summed E-state index contributed by atoms with van der Waals surface area (Å²) in [5.74, 6) is 0. The summed E-state index contributed by atoms with van der Waals surface area (Å²) in [7, 11) is 0. The van der Waals surface area contributed by atoms with Crippen molar-refractivity contribution >= 4 is 10.8 Å². The van der Waals surface area contributed by atoms with E-state index in [0.717, 1.165) is 66.0 Å². The number of rotatable bonds is 3. The zero-order chi connectivity index (χ0) is 17.2. The van der Waals surface area contributed by atoms with Crippen molar-refractivity contribution < 1.29 is 0 Å². The minimum atomic E-state index is -0.0545. The lowest BCUT2D eigenvalue weighted by molar-refractivity contribution is 0.231. The molecule has 3 heterocycles. The molecule has 1 aliphatic rings. The largest absolute Gasteiger partial charge is 0.321 e. The highest BCUT2D eigenvalue weighted by molar-refractivity contribution is 5.87. The van der Waals surface area contributed by atoms with Gasteiger partial charge in [-0.2, -0.15) is 0 Å². The summed E-state index contributed by atoms with van der Waals surface area (Å²) >= 11 is 0. The maximum atomic E-state index is 12.4. The highest BCUT2D eigenvalue weighted by atomic mass is 16.1. The smallest absolute Gasteiger partial charge is 0.256 e. The van der Waals surface area contributed by atoms with Crippen molar-refractivity contribution in [1.29, 1.82) is 0 Å². The van der Waals surface area contributed by atoms with Crippen molar-refractivity contribution in [3.63, 3.8) is 0 Å². The van der Waals surface area contributed by atoms with Gasteiger partial charge in [0.25, 0.3) is 5.56 Å². The molecule has 5 nitrogen and oxygen atoms in total. The average Bonchev–Trinajstić information content (AvgIpc) is 2.64. The predicted octanol–water partition coefficient (Wildman–Crippen LogP) is 2.30. The number of benzene rings is 1. The van der Waals surface area contributed by atoms with Gasteiger partial charge in [-0.3, -0.25) is 14.7 Å². The number of aromatic amines is 1. The Morgan fingerprint density at radius 2 is 1.96 bits per heavy atom. The summed E-state index contributed by atoms with van der Waals surface area (Å²) in [6, 6.07) is 11.9. The Labute approximate surface area is 146 Å². The molecule has 2 aromatic heterocycles. The molecule has 1 fully saturated rings. The van der Waals surface area contributed by atoms with Gasteiger partial charge in [-0.25, -0.2) is 0 Å². The van der Waals surface area contributed by atoms with Crippen LogP contribution in [0.5, 0.6) is 0 Å². The van der Waals surface area contributed by atoms with E-state index in [4.69, 9.17) is 0 Å². The molecule has 2 N–H and O–H groups in total. The van der Waals surface area contributed by atoms with E-state index in [1.807, 2.05) is 43.5 Å². The second-order valence-corrected chi connectivity index (χ2v) is 6.61. The summed E-state index contributed by atoms with van der Waals surface area (Å²) in [6.07, 6.45) is 1.85. The molecule has 0 unspecified atom stereocenters. The number of H-pyrrole nitrogens is 1. The summed E-state index contributed by atoms with van der Waals surface area (Å²) in [4.78, 5) is 22.3. The van der Waals surface area contributed by atoms with Crippen LogP contribution in [-0.4, -0.2) is 41.0 Å². The minimum Gasteiger partial charge on any atom is -0.321 e. The second-order valence-electron chi connectivity index (χ2n) is 6.61. The third kappa shape index (κ3) is 3.34. The van der Waals surface area contributed by atoms with E-state index in [0.29, 0.717) is 0 Å². The second kappa shape index (κ2) is 6.78. The van der Waals surface area contributed by atoms with Crippen molar-refractivity contribution in [3.05, 3.63) is 64.2 Å². The average molecular weight is 334 g/mol. The molecule has 1 aromatic carbocycles. The number of pyridine rings is 2. The van der Waals surface area contributed by atoms with Gasteiger partial charge in [0.1, 0.15) is 0 Å². The van der Waals surface area contributed by atoms with Crippen LogP contribution in [0.2, 0.25) is 0 Å². The summed E-state index contributed by atoms with van der Waals surface area (Å²) in [6.45, 7) is 7.09. The van der Waals surface area contributed by atoms with Gasteiger partial charge in [-0.05, 0) is 42.1 Å². The molecule has 0 saturated carbocycles. The Kier molecular flexibility index (Phi) is 4.34. The highest BCUT2D eigenvalue weighted by Gasteiger charge is 2.11. The van der Waals surface area contributed by atoms with E-state index in [2.05, 4.69) is 26.3 Å². The molecule has 4 rings (SSSR count). The van der Waals surface area contributed by atoms with E-state index in [9.17, 15) is 4.79 Å². The van der Waals surface area contributed by atoms with Crippen LogP contribution in [0.25, 0.3) is 22.0 Å². The first kappa shape index (κ1) is 16.0. The van der Waals surface area contributed by atoms with Gasteiger partial charge < -0.3 is 10.3 Å². The fraction of sp³-hybridized carbons (Fsp3) is 0.300. The molecular weight excluding hydrogens is 312 g/mol. The van der Waals surface area contributed by atoms with Crippen LogP contribution < -0.4 is 10.9 Å². The van der Waals surface area contributed by atoms with Crippen LogP contribution in [0.1, 0.15) is 11.3 Å². The number of hydrogen-bond acceptors (Lipinski definition) is 4. The van der Waals surface area contributed by atoms with Crippen LogP contribution in [0.15, 0.2) is 47.4 Å². The highest BCUT2D eigenvalue weighted by Crippen LogP contribution is 2.22. The zero-order valence-corrected chi connectivity index (χ0v) is 14.4. The Hall–Kier alpha value is -2.50. The lowest BCUT2D eigenvalue weighted by Crippen LogP contribution is -2.43. The van der Waals surface area contributed by atoms with E-state index >= 15 is 0 Å². The maximum absolute atomic E-state index is 12.4. The molecule has 5 heteroatoms. The third-order valence-corrected chi connectivity index (χ3v) is 4.84. The molecule has 1 aliphatic heterocycles. The maximum Gasteiger partial charge on any atom is 0.256 e. The number of nitrogens with zero attached hydrogens (tertiary/aromatic N) is 2. The predicted molar refractivity (Wildman–Crippen MR) is 101 cm³/mol. The fourth-order valence-electron chi connectivity index (χ4n) is 3.37. The van der Waals surface area contributed by atoms with Crippen molar-refractivity contribution in [2.45, 2.75) is 13.5 Å². The molecule has 0 aliphatic carbocycles. The number of piperazine rings is 1. The van der Waals surface area contributed by atoms with Crippen molar-refractivity contribution in [1.82, 2.24) is 20.2 Å². The normalized spacial score (nSPS) is 15.6. The van der Waals surface area contributed by atoms with Crippen molar-refractivity contribution in [2.75, 3.05) is 26.2 Å². The quantitative estimate of drug-likeness (QED) is 0.772. The number of aromatic nitrogens is 2. The molecule has 128 valence electrons. The zero-order valence-electron chi connectivity index (χ0n) is 14.4. The standard InChI is InChI=1S/C20H22N4O/c1-14-3-2-4-17-18(14)11-19(23-20(17)25)15-5-6-16(22-12-15)13-24-9-7-21-8-10-24/h2-6,11-12,21H,7-10,13H2,1H3,(H,23,25). The molecule has 1 saturated heterocycles. The van der Waals surface area contributed by atoms with E-state index in [1.165, 1.54) is 0 Å². The van der Waals surface area contributed by atoms with Crippen molar-refractivity contribution in [3.8, 4) is 11.3 Å². The first-order valence-electron chi connectivity index (χ1n) is 8.72. The Morgan fingerprint density at radius 1 is 1.12 bits per heavy atom. The van der Waals surface area contributed by atoms with Gasteiger partial charge in [0.15, 0.2) is 0 Å². The van der Waals surface area contributed by atoms with Gasteiger partial charge in [-0.15, -0.1) is 0 Å². The van der Waals surface area contributed by atoms with E-state index < -0.39 is 0 Å². The van der Waals surface area contributed by atoms with Gasteiger partial charge >= 0.3 is 0 Å². The monoisotopic (exact) mass is 334 g/mol. The van der Waals surface area contributed by atoms with Crippen LogP contribution >= 0.6 is 0 Å². The summed E-state index contributed by atoms with van der Waals surface area (Å²) in [5.41, 5.74) is 3.86. The molecule has 0 spiro atoms. The van der Waals surface area contributed by atoms with Crippen LogP contribution in [0.3, 0.4) is 0 Å². The van der Waals surface area contributed by atoms with Crippen LogP contribution in [-0.2, 0) is 6.54 Å². The third-order valence-electron chi connectivity index (χ3n) is 4.84. The molecule has 0 radical (unpaired) electrons. The molecule has 0 atom stereocenters. The number of aryl methyl sites for hydroxylation is 1. The van der Waals surface area contributed by atoms with Crippen molar-refractivity contribution in [2.24, 2.45) is 0 Å². The number of fused-ring (bicyclic) bond motifs is 1. The van der Waals surface area contributed by atoms with Gasteiger partial charge in [0.2, 0.25) is 0 Å². The Morgan fingerprint density at radius 3 is 2.72 bits per heavy atom. The summed E-state index contributed by atoms with van der Waals surface area (Å²) < 4.78 is 0. The molecule has 3 aromatic rings. The molecule has 25 heavy (non-hydrogen) atoms. The topological polar surface area (TPSA) is 61.0 Å². The van der Waals surface area contributed by atoms with Gasteiger partial charge in [-0.1, -0.05) is 12.1 Å². The molecular formula is C20H22N4O. The van der Waals surface area contributed by atoms with Crippen LogP contribution in [0.4, 0.5) is 0 Å². The van der Waals surface area contributed by atoms with Gasteiger partial charge in [0, 0.05) is 49.9 Å². The van der Waals surface area contributed by atoms with E-state index in [1.54, 1.807) is 0 Å². The minimum absolute atomic E-state index is 0.0545. The Bertz CT molecular complexity index is 940. The van der Waals surface area contributed by atoms with Gasteiger partial charge in [0.05, 0.1) is 11.4 Å². The molecule has 0 bridgehead atoms. The molecule has 0 amide bonds. The van der Waals surface area contributed by atoms with E-state index in [-0.39, 0.29) is 5.56 Å². The fourth-order valence-corrected chi connectivity index (χ4v) is 3.37. The first-order valence-corrected chi connectivity index (χ1v) is 8.72. The Balaban J connectivity index is 1.62. The first-order chi connectivity index (χ1) is 12.2.